The minimum atomic E-state index is -0.386. The van der Waals surface area contributed by atoms with Gasteiger partial charge in [0.1, 0.15) is 11.4 Å². The summed E-state index contributed by atoms with van der Waals surface area (Å²) in [5.41, 5.74) is 1.17. The molecule has 0 spiro atoms. The van der Waals surface area contributed by atoms with Crippen molar-refractivity contribution in [2.24, 2.45) is 0 Å². The molecular formula is C9H14ClN3O2. The molecule has 0 saturated carbocycles. The fourth-order valence-electron chi connectivity index (χ4n) is 1.59. The third-order valence-electron chi connectivity index (χ3n) is 2.16. The molecule has 15 heavy (non-hydrogen) atoms. The quantitative estimate of drug-likeness (QED) is 0.454. The third kappa shape index (κ3) is 2.47. The van der Waals surface area contributed by atoms with Gasteiger partial charge < -0.3 is 0 Å². The summed E-state index contributed by atoms with van der Waals surface area (Å²) in [6.45, 7) is 5.98. The van der Waals surface area contributed by atoms with Crippen LogP contribution in [0.25, 0.3) is 0 Å². The maximum atomic E-state index is 10.9. The minimum absolute atomic E-state index is 0.101. The number of aryl methyl sites for hydroxylation is 2. The average molecular weight is 232 g/mol. The molecule has 5 nitrogen and oxygen atoms in total. The van der Waals surface area contributed by atoms with Gasteiger partial charge in [0.15, 0.2) is 0 Å². The van der Waals surface area contributed by atoms with Crippen molar-refractivity contribution in [3.8, 4) is 0 Å². The molecule has 0 aliphatic carbocycles. The highest BCUT2D eigenvalue weighted by molar-refractivity contribution is 6.20. The summed E-state index contributed by atoms with van der Waals surface area (Å²) < 4.78 is 1.65. The molecule has 1 aromatic rings. The molecule has 0 aliphatic rings. The van der Waals surface area contributed by atoms with E-state index >= 15 is 0 Å². The number of nitrogens with zero attached hydrogens (tertiary/aromatic N) is 3. The smallest absolute Gasteiger partial charge is 0.262 e. The van der Waals surface area contributed by atoms with Gasteiger partial charge >= 0.3 is 5.69 Å². The van der Waals surface area contributed by atoms with Gasteiger partial charge in [0.05, 0.1) is 4.92 Å². The minimum Gasteiger partial charge on any atom is -0.262 e. The molecule has 0 fully saturated rings. The summed E-state index contributed by atoms with van der Waals surface area (Å²) >= 11 is 5.86. The van der Waals surface area contributed by atoms with Crippen LogP contribution in [0.15, 0.2) is 0 Å². The summed E-state index contributed by atoms with van der Waals surface area (Å²) in [6.07, 6.45) is 0.465. The Balaban J connectivity index is 3.23. The van der Waals surface area contributed by atoms with Gasteiger partial charge in [-0.3, -0.25) is 14.8 Å². The summed E-state index contributed by atoms with van der Waals surface area (Å²) in [4.78, 5) is 10.5. The summed E-state index contributed by atoms with van der Waals surface area (Å²) in [5.74, 6) is 0. The normalized spacial score (nSPS) is 12.8. The van der Waals surface area contributed by atoms with Crippen LogP contribution < -0.4 is 0 Å². The molecule has 84 valence electrons. The second kappa shape index (κ2) is 4.61. The first-order chi connectivity index (χ1) is 6.97. The molecule has 1 rings (SSSR count). The monoisotopic (exact) mass is 231 g/mol. The van der Waals surface area contributed by atoms with Crippen LogP contribution in [0.1, 0.15) is 25.2 Å². The van der Waals surface area contributed by atoms with E-state index in [0.717, 1.165) is 0 Å². The highest BCUT2D eigenvalue weighted by Gasteiger charge is 2.25. The lowest BCUT2D eigenvalue weighted by Crippen LogP contribution is -2.08. The maximum Gasteiger partial charge on any atom is 0.313 e. The van der Waals surface area contributed by atoms with E-state index in [9.17, 15) is 10.1 Å². The first-order valence-electron chi connectivity index (χ1n) is 4.82. The van der Waals surface area contributed by atoms with E-state index in [4.69, 9.17) is 11.6 Å². The number of rotatable bonds is 4. The van der Waals surface area contributed by atoms with Gasteiger partial charge in [0.2, 0.25) is 0 Å². The van der Waals surface area contributed by atoms with Crippen molar-refractivity contribution in [3.05, 3.63) is 21.5 Å². The molecule has 0 amide bonds. The van der Waals surface area contributed by atoms with Gasteiger partial charge in [-0.15, -0.1) is 11.6 Å². The van der Waals surface area contributed by atoms with Crippen LogP contribution in [0.4, 0.5) is 5.69 Å². The van der Waals surface area contributed by atoms with Crippen molar-refractivity contribution in [1.29, 1.82) is 0 Å². The van der Waals surface area contributed by atoms with Crippen LogP contribution in [0.2, 0.25) is 0 Å². The zero-order valence-corrected chi connectivity index (χ0v) is 9.78. The second-order valence-electron chi connectivity index (χ2n) is 3.44. The van der Waals surface area contributed by atoms with Crippen molar-refractivity contribution < 1.29 is 4.92 Å². The van der Waals surface area contributed by atoms with Crippen molar-refractivity contribution in [2.45, 2.75) is 39.1 Å². The van der Waals surface area contributed by atoms with E-state index in [-0.39, 0.29) is 16.0 Å². The molecule has 0 bridgehead atoms. The summed E-state index contributed by atoms with van der Waals surface area (Å²) in [7, 11) is 0. The Kier molecular flexibility index (Phi) is 3.68. The Morgan fingerprint density at radius 2 is 2.27 bits per heavy atom. The van der Waals surface area contributed by atoms with Gasteiger partial charge in [-0.05, 0) is 20.8 Å². The fourth-order valence-corrected chi connectivity index (χ4v) is 1.73. The molecular weight excluding hydrogens is 218 g/mol. The first kappa shape index (κ1) is 12.0. The molecule has 1 heterocycles. The van der Waals surface area contributed by atoms with Crippen LogP contribution in [-0.4, -0.2) is 20.1 Å². The predicted octanol–water partition coefficient (Wildman–Crippen LogP) is 2.29. The molecule has 0 radical (unpaired) electrons. The zero-order chi connectivity index (χ0) is 11.6. The maximum absolute atomic E-state index is 10.9. The van der Waals surface area contributed by atoms with Crippen molar-refractivity contribution in [2.75, 3.05) is 0 Å². The lowest BCUT2D eigenvalue weighted by atomic mass is 10.2. The van der Waals surface area contributed by atoms with E-state index in [2.05, 4.69) is 5.10 Å². The molecule has 1 atom stereocenters. The number of halogens is 1. The standard InChI is InChI=1S/C9H14ClN3O2/c1-4-12-8(5-6(2)10)9(13(14)15)7(3)11-12/h6H,4-5H2,1-3H3. The summed E-state index contributed by atoms with van der Waals surface area (Å²) in [5, 5.41) is 14.8. The van der Waals surface area contributed by atoms with E-state index in [1.807, 2.05) is 13.8 Å². The Morgan fingerprint density at radius 1 is 1.67 bits per heavy atom. The van der Waals surface area contributed by atoms with E-state index in [1.165, 1.54) is 0 Å². The number of alkyl halides is 1. The van der Waals surface area contributed by atoms with E-state index in [0.29, 0.717) is 24.4 Å². The number of hydrogen-bond acceptors (Lipinski definition) is 3. The van der Waals surface area contributed by atoms with Gasteiger partial charge in [-0.25, -0.2) is 0 Å². The van der Waals surface area contributed by atoms with Crippen LogP contribution in [0.3, 0.4) is 0 Å². The second-order valence-corrected chi connectivity index (χ2v) is 4.18. The van der Waals surface area contributed by atoms with Crippen LogP contribution in [0.5, 0.6) is 0 Å². The highest BCUT2D eigenvalue weighted by Crippen LogP contribution is 2.25. The zero-order valence-electron chi connectivity index (χ0n) is 9.03. The van der Waals surface area contributed by atoms with E-state index < -0.39 is 0 Å². The first-order valence-corrected chi connectivity index (χ1v) is 5.25. The van der Waals surface area contributed by atoms with E-state index in [1.54, 1.807) is 11.6 Å². The SMILES string of the molecule is CCn1nc(C)c([N+](=O)[O-])c1CC(C)Cl. The van der Waals surface area contributed by atoms with Crippen molar-refractivity contribution >= 4 is 17.3 Å². The fraction of sp³-hybridized carbons (Fsp3) is 0.667. The van der Waals surface area contributed by atoms with Gasteiger partial charge in [-0.2, -0.15) is 5.10 Å². The average Bonchev–Trinajstić information content (AvgIpc) is 2.41. The molecule has 0 N–H and O–H groups in total. The number of hydrogen-bond donors (Lipinski definition) is 0. The lowest BCUT2D eigenvalue weighted by Gasteiger charge is -2.04. The van der Waals surface area contributed by atoms with Gasteiger partial charge in [0, 0.05) is 18.3 Å². The van der Waals surface area contributed by atoms with Crippen molar-refractivity contribution in [1.82, 2.24) is 9.78 Å². The Morgan fingerprint density at radius 3 is 2.67 bits per heavy atom. The molecule has 1 unspecified atom stereocenters. The predicted molar refractivity (Wildman–Crippen MR) is 58.3 cm³/mol. The van der Waals surface area contributed by atoms with Crippen LogP contribution in [-0.2, 0) is 13.0 Å². The van der Waals surface area contributed by atoms with Crippen LogP contribution >= 0.6 is 11.6 Å². The molecule has 1 aromatic heterocycles. The van der Waals surface area contributed by atoms with Gasteiger partial charge in [-0.1, -0.05) is 0 Å². The largest absolute Gasteiger partial charge is 0.313 e. The Labute approximate surface area is 93.2 Å². The molecule has 0 aromatic carbocycles. The lowest BCUT2D eigenvalue weighted by molar-refractivity contribution is -0.386. The number of aromatic nitrogens is 2. The highest BCUT2D eigenvalue weighted by atomic mass is 35.5. The van der Waals surface area contributed by atoms with Crippen molar-refractivity contribution in [3.63, 3.8) is 0 Å². The Bertz CT molecular complexity index is 374. The number of nitro groups is 1. The van der Waals surface area contributed by atoms with Crippen LogP contribution in [0, 0.1) is 17.0 Å². The Hall–Kier alpha value is -1.10. The molecule has 0 aliphatic heterocycles. The topological polar surface area (TPSA) is 61.0 Å². The van der Waals surface area contributed by atoms with Gasteiger partial charge in [0.25, 0.3) is 0 Å². The molecule has 0 saturated heterocycles. The summed E-state index contributed by atoms with van der Waals surface area (Å²) in [6, 6.07) is 0. The molecule has 6 heteroatoms. The third-order valence-corrected chi connectivity index (χ3v) is 2.31.